The van der Waals surface area contributed by atoms with Gasteiger partial charge in [-0.25, -0.2) is 4.79 Å². The molecule has 1 rings (SSSR count). The van der Waals surface area contributed by atoms with Gasteiger partial charge in [0.1, 0.15) is 4.88 Å². The Labute approximate surface area is 84.5 Å². The van der Waals surface area contributed by atoms with E-state index in [1.807, 2.05) is 0 Å². The summed E-state index contributed by atoms with van der Waals surface area (Å²) >= 11 is 0.958. The van der Waals surface area contributed by atoms with E-state index in [2.05, 4.69) is 0 Å². The van der Waals surface area contributed by atoms with Gasteiger partial charge in [0.15, 0.2) is 12.6 Å². The summed E-state index contributed by atoms with van der Waals surface area (Å²) in [6.45, 7) is 1.95. The molecule has 1 heterocycles. The lowest BCUT2D eigenvalue weighted by molar-refractivity contribution is 0.0532. The normalized spacial score (nSPS) is 9.50. The minimum absolute atomic E-state index is 0.230. The Bertz CT molecular complexity index is 341. The van der Waals surface area contributed by atoms with Crippen LogP contribution in [0.25, 0.3) is 0 Å². The fraction of sp³-hybridized carbons (Fsp3) is 0.222. The molecule has 0 unspecified atom stereocenters. The predicted molar refractivity (Wildman–Crippen MR) is 51.1 cm³/mol. The third-order valence-corrected chi connectivity index (χ3v) is 2.56. The molecule has 0 aromatic carbocycles. The summed E-state index contributed by atoms with van der Waals surface area (Å²) in [5.74, 6) is -0.506. The minimum Gasteiger partial charge on any atom is -0.462 e. The van der Waals surface area contributed by atoms with Gasteiger partial charge in [0, 0.05) is 5.56 Å². The van der Waals surface area contributed by atoms with Crippen LogP contribution in [0.3, 0.4) is 0 Å². The molecule has 74 valence electrons. The van der Waals surface area contributed by atoms with Crippen molar-refractivity contribution >= 4 is 29.9 Å². The summed E-state index contributed by atoms with van der Waals surface area (Å²) in [6.07, 6.45) is 1.10. The Morgan fingerprint density at radius 2 is 2.21 bits per heavy atom. The monoisotopic (exact) mass is 212 g/mol. The molecule has 1 aromatic rings. The van der Waals surface area contributed by atoms with Crippen molar-refractivity contribution in [2.24, 2.45) is 0 Å². The van der Waals surface area contributed by atoms with Crippen molar-refractivity contribution in [2.45, 2.75) is 6.92 Å². The van der Waals surface area contributed by atoms with E-state index in [9.17, 15) is 14.4 Å². The molecule has 0 saturated heterocycles. The van der Waals surface area contributed by atoms with Crippen LogP contribution in [0.5, 0.6) is 0 Å². The second kappa shape index (κ2) is 4.66. The first-order valence-corrected chi connectivity index (χ1v) is 4.75. The number of rotatable bonds is 4. The first-order chi connectivity index (χ1) is 6.72. The maximum Gasteiger partial charge on any atom is 0.348 e. The molecule has 0 atom stereocenters. The number of carbonyl (C=O) groups excluding carboxylic acids is 3. The van der Waals surface area contributed by atoms with E-state index in [0.29, 0.717) is 12.6 Å². The molecule has 0 aliphatic heterocycles. The fourth-order valence-corrected chi connectivity index (χ4v) is 1.74. The lowest BCUT2D eigenvalue weighted by Gasteiger charge is -1.95. The molecule has 0 amide bonds. The van der Waals surface area contributed by atoms with Gasteiger partial charge in [-0.2, -0.15) is 0 Å². The SMILES string of the molecule is CCOC(=O)c1cc(C=O)c(C=O)s1. The van der Waals surface area contributed by atoms with Gasteiger partial charge in [-0.05, 0) is 13.0 Å². The number of esters is 1. The highest BCUT2D eigenvalue weighted by atomic mass is 32.1. The molecule has 0 aliphatic carbocycles. The van der Waals surface area contributed by atoms with E-state index in [1.165, 1.54) is 6.07 Å². The number of aldehydes is 2. The van der Waals surface area contributed by atoms with Crippen molar-refractivity contribution in [3.8, 4) is 0 Å². The van der Waals surface area contributed by atoms with Crippen molar-refractivity contribution in [1.82, 2.24) is 0 Å². The number of ether oxygens (including phenoxy) is 1. The molecular weight excluding hydrogens is 204 g/mol. The number of hydrogen-bond acceptors (Lipinski definition) is 5. The number of carbonyl (C=O) groups is 3. The molecule has 5 heteroatoms. The van der Waals surface area contributed by atoms with Crippen molar-refractivity contribution < 1.29 is 19.1 Å². The molecule has 0 fully saturated rings. The highest BCUT2D eigenvalue weighted by Gasteiger charge is 2.14. The standard InChI is InChI=1S/C9H8O4S/c1-2-13-9(12)7-3-6(4-10)8(5-11)14-7/h3-5H,2H2,1H3. The van der Waals surface area contributed by atoms with E-state index in [0.717, 1.165) is 11.3 Å². The molecular formula is C9H8O4S. The van der Waals surface area contributed by atoms with Gasteiger partial charge in [-0.3, -0.25) is 9.59 Å². The minimum atomic E-state index is -0.506. The largest absolute Gasteiger partial charge is 0.462 e. The van der Waals surface area contributed by atoms with E-state index >= 15 is 0 Å². The average Bonchev–Trinajstić information content (AvgIpc) is 2.61. The summed E-state index contributed by atoms with van der Waals surface area (Å²) in [5.41, 5.74) is 0.230. The predicted octanol–water partition coefficient (Wildman–Crippen LogP) is 1.55. The third-order valence-electron chi connectivity index (χ3n) is 1.50. The molecule has 0 N–H and O–H groups in total. The van der Waals surface area contributed by atoms with Crippen LogP contribution in [0.15, 0.2) is 6.07 Å². The summed E-state index contributed by atoms with van der Waals surface area (Å²) in [7, 11) is 0. The topological polar surface area (TPSA) is 60.4 Å². The van der Waals surface area contributed by atoms with Crippen molar-refractivity contribution in [1.29, 1.82) is 0 Å². The highest BCUT2D eigenvalue weighted by Crippen LogP contribution is 2.20. The summed E-state index contributed by atoms with van der Waals surface area (Å²) in [5, 5.41) is 0. The first-order valence-electron chi connectivity index (χ1n) is 3.94. The molecule has 0 spiro atoms. The van der Waals surface area contributed by atoms with E-state index in [4.69, 9.17) is 4.74 Å². The van der Waals surface area contributed by atoms with Crippen molar-refractivity contribution in [2.75, 3.05) is 6.61 Å². The maximum absolute atomic E-state index is 11.2. The van der Waals surface area contributed by atoms with Crippen LogP contribution < -0.4 is 0 Å². The van der Waals surface area contributed by atoms with Gasteiger partial charge in [-0.1, -0.05) is 0 Å². The quantitative estimate of drug-likeness (QED) is 0.561. The van der Waals surface area contributed by atoms with Gasteiger partial charge in [-0.15, -0.1) is 11.3 Å². The average molecular weight is 212 g/mol. The molecule has 0 radical (unpaired) electrons. The van der Waals surface area contributed by atoms with Crippen LogP contribution in [0.4, 0.5) is 0 Å². The molecule has 1 aromatic heterocycles. The van der Waals surface area contributed by atoms with Crippen LogP contribution in [-0.2, 0) is 4.74 Å². The molecule has 4 nitrogen and oxygen atoms in total. The number of hydrogen-bond donors (Lipinski definition) is 0. The zero-order chi connectivity index (χ0) is 10.6. The second-order valence-corrected chi connectivity index (χ2v) is 3.47. The number of thiophene rings is 1. The lowest BCUT2D eigenvalue weighted by atomic mass is 10.3. The summed E-state index contributed by atoms with van der Waals surface area (Å²) in [6, 6.07) is 1.36. The smallest absolute Gasteiger partial charge is 0.348 e. The van der Waals surface area contributed by atoms with Crippen LogP contribution in [-0.4, -0.2) is 25.1 Å². The van der Waals surface area contributed by atoms with Crippen LogP contribution in [0.1, 0.15) is 36.6 Å². The Morgan fingerprint density at radius 1 is 1.50 bits per heavy atom. The van der Waals surface area contributed by atoms with Crippen molar-refractivity contribution in [3.63, 3.8) is 0 Å². The zero-order valence-corrected chi connectivity index (χ0v) is 8.30. The highest BCUT2D eigenvalue weighted by molar-refractivity contribution is 7.15. The van der Waals surface area contributed by atoms with Crippen LogP contribution in [0, 0.1) is 0 Å². The second-order valence-electron chi connectivity index (χ2n) is 2.39. The molecule has 14 heavy (non-hydrogen) atoms. The Hall–Kier alpha value is -1.49. The van der Waals surface area contributed by atoms with Crippen LogP contribution >= 0.6 is 11.3 Å². The maximum atomic E-state index is 11.2. The van der Waals surface area contributed by atoms with Crippen molar-refractivity contribution in [3.05, 3.63) is 21.4 Å². The Balaban J connectivity index is 3.00. The van der Waals surface area contributed by atoms with Gasteiger partial charge in [0.05, 0.1) is 11.5 Å². The molecule has 0 bridgehead atoms. The van der Waals surface area contributed by atoms with E-state index < -0.39 is 5.97 Å². The van der Waals surface area contributed by atoms with Crippen LogP contribution in [0.2, 0.25) is 0 Å². The molecule has 0 aliphatic rings. The Morgan fingerprint density at radius 3 is 2.64 bits per heavy atom. The lowest BCUT2D eigenvalue weighted by Crippen LogP contribution is -2.01. The summed E-state index contributed by atoms with van der Waals surface area (Å²) in [4.78, 5) is 32.7. The van der Waals surface area contributed by atoms with E-state index in [-0.39, 0.29) is 21.9 Å². The first kappa shape index (κ1) is 10.6. The van der Waals surface area contributed by atoms with Gasteiger partial charge in [0.2, 0.25) is 0 Å². The summed E-state index contributed by atoms with van der Waals surface area (Å²) < 4.78 is 4.72. The Kier molecular flexibility index (Phi) is 3.53. The third kappa shape index (κ3) is 2.05. The fourth-order valence-electron chi connectivity index (χ4n) is 0.906. The van der Waals surface area contributed by atoms with Gasteiger partial charge >= 0.3 is 5.97 Å². The molecule has 0 saturated carbocycles. The van der Waals surface area contributed by atoms with Gasteiger partial charge in [0.25, 0.3) is 0 Å². The zero-order valence-electron chi connectivity index (χ0n) is 7.48. The van der Waals surface area contributed by atoms with Gasteiger partial charge < -0.3 is 4.74 Å². The van der Waals surface area contributed by atoms with E-state index in [1.54, 1.807) is 6.92 Å².